The molecule has 196 valence electrons. The maximum Gasteiger partial charge on any atom is 0.255 e. The maximum atomic E-state index is 13.9. The van der Waals surface area contributed by atoms with E-state index in [0.29, 0.717) is 17.7 Å². The maximum absolute atomic E-state index is 13.9. The van der Waals surface area contributed by atoms with Crippen molar-refractivity contribution < 1.29 is 34.4 Å². The second-order valence-electron chi connectivity index (χ2n) is 10.0. The lowest BCUT2D eigenvalue weighted by molar-refractivity contribution is -0.146. The van der Waals surface area contributed by atoms with E-state index in [1.54, 1.807) is 13.2 Å². The van der Waals surface area contributed by atoms with Crippen LogP contribution in [-0.2, 0) is 20.8 Å². The molecule has 38 heavy (non-hydrogen) atoms. The van der Waals surface area contributed by atoms with Crippen LogP contribution in [0.2, 0.25) is 0 Å². The molecule has 0 saturated heterocycles. The lowest BCUT2D eigenvalue weighted by Crippen LogP contribution is -2.61. The van der Waals surface area contributed by atoms with Crippen molar-refractivity contribution in [2.45, 2.75) is 35.2 Å². The molecule has 3 aliphatic rings. The van der Waals surface area contributed by atoms with Crippen molar-refractivity contribution in [2.24, 2.45) is 11.7 Å². The number of methoxy groups -OCH3 is 1. The Kier molecular flexibility index (Phi) is 6.07. The molecule has 2 aromatic carbocycles. The predicted octanol–water partition coefficient (Wildman–Crippen LogP) is 3.90. The molecule has 0 unspecified atom stereocenters. The number of carbonyl (C=O) groups excluding carboxylic acids is 3. The summed E-state index contributed by atoms with van der Waals surface area (Å²) in [6.45, 7) is 5.74. The third kappa shape index (κ3) is 3.48. The number of rotatable bonds is 4. The number of primary amides is 1. The molecule has 0 aromatic heterocycles. The number of fused-ring (bicyclic) bond motifs is 3. The van der Waals surface area contributed by atoms with Gasteiger partial charge in [0.25, 0.3) is 5.91 Å². The fourth-order valence-corrected chi connectivity index (χ4v) is 7.55. The van der Waals surface area contributed by atoms with Gasteiger partial charge in [-0.05, 0) is 59.7 Å². The van der Waals surface area contributed by atoms with Gasteiger partial charge in [0.05, 0.1) is 16.1 Å². The molecule has 5 N–H and O–H groups in total. The third-order valence-electron chi connectivity index (χ3n) is 7.96. The highest BCUT2D eigenvalue weighted by molar-refractivity contribution is 14.1. The fourth-order valence-electron chi connectivity index (χ4n) is 6.14. The lowest BCUT2D eigenvalue weighted by Gasteiger charge is -2.50. The van der Waals surface area contributed by atoms with Crippen LogP contribution in [0, 0.1) is 12.8 Å². The Bertz CT molecular complexity index is 1540. The van der Waals surface area contributed by atoms with Crippen LogP contribution in [0.15, 0.2) is 53.8 Å². The minimum Gasteiger partial charge on any atom is -0.508 e. The van der Waals surface area contributed by atoms with Gasteiger partial charge in [0, 0.05) is 17.9 Å². The van der Waals surface area contributed by atoms with Gasteiger partial charge in [-0.3, -0.25) is 14.4 Å². The highest BCUT2D eigenvalue weighted by Crippen LogP contribution is 2.57. The number of carbonyl (C=O) groups is 3. The molecule has 2 aromatic rings. The first-order valence-corrected chi connectivity index (χ1v) is 13.1. The summed E-state index contributed by atoms with van der Waals surface area (Å²) in [5.74, 6) is -4.55. The van der Waals surface area contributed by atoms with E-state index in [2.05, 4.69) is 29.2 Å². The molecule has 0 spiro atoms. The van der Waals surface area contributed by atoms with Crippen molar-refractivity contribution in [3.8, 4) is 16.9 Å². The SMILES string of the molecule is C=Cc1cc(OC)ccc1-c1ccc(C)c2c1C[C@@]1(I)C[C@H]3CC(=O)C(C(N)=O)=C(O)[C@@]3(O)C(=O)C1=C2O. The van der Waals surface area contributed by atoms with Crippen LogP contribution in [0.4, 0.5) is 0 Å². The number of aliphatic hydroxyl groups is 3. The van der Waals surface area contributed by atoms with E-state index in [9.17, 15) is 29.7 Å². The number of alkyl halides is 1. The van der Waals surface area contributed by atoms with Gasteiger partial charge in [0.15, 0.2) is 11.4 Å². The van der Waals surface area contributed by atoms with Gasteiger partial charge < -0.3 is 25.8 Å². The van der Waals surface area contributed by atoms with Gasteiger partial charge in [-0.1, -0.05) is 53.4 Å². The number of aliphatic hydroxyl groups excluding tert-OH is 2. The van der Waals surface area contributed by atoms with Gasteiger partial charge in [0.1, 0.15) is 22.8 Å². The Morgan fingerprint density at radius 2 is 1.89 bits per heavy atom. The molecule has 9 heteroatoms. The molecule has 0 radical (unpaired) electrons. The van der Waals surface area contributed by atoms with Crippen LogP contribution in [0.1, 0.15) is 35.1 Å². The van der Waals surface area contributed by atoms with Gasteiger partial charge in [-0.25, -0.2) is 0 Å². The molecule has 0 heterocycles. The number of Topliss-reactive ketones (excluding diaryl/α,β-unsaturated/α-hetero) is 2. The normalized spacial score (nSPS) is 26.5. The van der Waals surface area contributed by atoms with Crippen molar-refractivity contribution >= 4 is 51.9 Å². The summed E-state index contributed by atoms with van der Waals surface area (Å²) in [6, 6.07) is 9.41. The lowest BCUT2D eigenvalue weighted by atomic mass is 9.59. The zero-order chi connectivity index (χ0) is 27.7. The number of ketones is 2. The van der Waals surface area contributed by atoms with Crippen molar-refractivity contribution in [3.05, 3.63) is 76.1 Å². The topological polar surface area (TPSA) is 147 Å². The van der Waals surface area contributed by atoms with E-state index in [4.69, 9.17) is 10.5 Å². The summed E-state index contributed by atoms with van der Waals surface area (Å²) in [4.78, 5) is 38.4. The van der Waals surface area contributed by atoms with Gasteiger partial charge in [0.2, 0.25) is 5.78 Å². The van der Waals surface area contributed by atoms with Gasteiger partial charge in [-0.2, -0.15) is 0 Å². The van der Waals surface area contributed by atoms with Crippen LogP contribution in [-0.4, -0.2) is 48.9 Å². The van der Waals surface area contributed by atoms with E-state index < -0.39 is 43.7 Å². The molecule has 3 aliphatic carbocycles. The first-order valence-electron chi connectivity index (χ1n) is 12.0. The molecule has 8 nitrogen and oxygen atoms in total. The number of ether oxygens (including phenoxy) is 1. The average Bonchev–Trinajstić information content (AvgIpc) is 2.85. The number of amides is 1. The molecular weight excluding hydrogens is 601 g/mol. The summed E-state index contributed by atoms with van der Waals surface area (Å²) in [5, 5.41) is 33.9. The van der Waals surface area contributed by atoms with Crippen molar-refractivity contribution in [1.29, 1.82) is 0 Å². The highest BCUT2D eigenvalue weighted by Gasteiger charge is 2.64. The average molecular weight is 627 g/mol. The molecule has 0 aliphatic heterocycles. The predicted molar refractivity (Wildman–Crippen MR) is 150 cm³/mol. The van der Waals surface area contributed by atoms with Crippen LogP contribution in [0.25, 0.3) is 23.0 Å². The van der Waals surface area contributed by atoms with E-state index in [0.717, 1.165) is 27.8 Å². The number of hydrogen-bond acceptors (Lipinski definition) is 7. The molecule has 1 saturated carbocycles. The minimum atomic E-state index is -2.54. The largest absolute Gasteiger partial charge is 0.508 e. The first kappa shape index (κ1) is 26.2. The van der Waals surface area contributed by atoms with E-state index in [1.807, 2.05) is 37.3 Å². The summed E-state index contributed by atoms with van der Waals surface area (Å²) in [5.41, 5.74) is 6.46. The Morgan fingerprint density at radius 3 is 2.53 bits per heavy atom. The number of hydrogen-bond donors (Lipinski definition) is 4. The summed E-state index contributed by atoms with van der Waals surface area (Å²) < 4.78 is 4.37. The second kappa shape index (κ2) is 8.81. The van der Waals surface area contributed by atoms with Crippen LogP contribution < -0.4 is 10.5 Å². The number of nitrogens with two attached hydrogens (primary N) is 1. The zero-order valence-electron chi connectivity index (χ0n) is 20.8. The Labute approximate surface area is 232 Å². The first-order chi connectivity index (χ1) is 17.9. The van der Waals surface area contributed by atoms with Gasteiger partial charge >= 0.3 is 0 Å². The monoisotopic (exact) mass is 627 g/mol. The molecule has 1 amide bonds. The van der Waals surface area contributed by atoms with Crippen molar-refractivity contribution in [2.75, 3.05) is 7.11 Å². The fraction of sp³-hybridized carbons (Fsp3) is 0.276. The molecule has 1 fully saturated rings. The summed E-state index contributed by atoms with van der Waals surface area (Å²) >= 11 is 2.11. The molecular formula is C29H26INO7. The van der Waals surface area contributed by atoms with Crippen LogP contribution in [0.5, 0.6) is 5.75 Å². The minimum absolute atomic E-state index is 0.0482. The summed E-state index contributed by atoms with van der Waals surface area (Å²) in [7, 11) is 1.58. The molecule has 0 bridgehead atoms. The van der Waals surface area contributed by atoms with E-state index in [1.165, 1.54) is 0 Å². The smallest absolute Gasteiger partial charge is 0.255 e. The second-order valence-corrected chi connectivity index (χ2v) is 12.1. The third-order valence-corrected chi connectivity index (χ3v) is 9.32. The number of benzene rings is 2. The molecule has 3 atom stereocenters. The molecule has 5 rings (SSSR count). The number of aryl methyl sites for hydroxylation is 1. The van der Waals surface area contributed by atoms with Crippen molar-refractivity contribution in [1.82, 2.24) is 0 Å². The Balaban J connectivity index is 1.76. The summed E-state index contributed by atoms with van der Waals surface area (Å²) in [6.07, 6.45) is 1.80. The highest BCUT2D eigenvalue weighted by atomic mass is 127. The van der Waals surface area contributed by atoms with Crippen LogP contribution >= 0.6 is 22.6 Å². The quantitative estimate of drug-likeness (QED) is 0.229. The Hall–Kier alpha value is -3.44. The number of halogens is 1. The van der Waals surface area contributed by atoms with Crippen molar-refractivity contribution in [3.63, 3.8) is 0 Å². The standard InChI is InChI=1S/C29H26INO7/c1-4-14-9-16(38-3)6-8-17(14)18-7-5-13(2)21-19(18)12-28(30)11-15-10-20(32)22(27(31)36)25(34)29(15,37)26(35)23(28)24(21)33/h4-9,15,33-34,37H,1,10-12H2,2-3H3,(H2,31,36)/t15-,28+,29-/m1/s1. The Morgan fingerprint density at radius 1 is 1.21 bits per heavy atom. The zero-order valence-corrected chi connectivity index (χ0v) is 23.0. The van der Waals surface area contributed by atoms with Gasteiger partial charge in [-0.15, -0.1) is 0 Å². The van der Waals surface area contributed by atoms with E-state index in [-0.39, 0.29) is 24.2 Å². The van der Waals surface area contributed by atoms with Crippen LogP contribution in [0.3, 0.4) is 0 Å². The van der Waals surface area contributed by atoms with E-state index >= 15 is 0 Å².